The summed E-state index contributed by atoms with van der Waals surface area (Å²) in [7, 11) is 0. The maximum Gasteiger partial charge on any atom is 0.305 e. The van der Waals surface area contributed by atoms with Crippen molar-refractivity contribution >= 4 is 11.6 Å². The fraction of sp³-hybridized carbons (Fsp3) is 0.364. The quantitative estimate of drug-likeness (QED) is 0.643. The monoisotopic (exact) mass is 238 g/mol. The Balaban J connectivity index is 2.11. The van der Waals surface area contributed by atoms with Gasteiger partial charge in [-0.05, 0) is 30.9 Å². The van der Waals surface area contributed by atoms with E-state index in [-0.39, 0.29) is 5.56 Å². The van der Waals surface area contributed by atoms with Crippen LogP contribution in [0.25, 0.3) is 0 Å². The number of hydrogen-bond acceptors (Lipinski definition) is 3. The second kappa shape index (κ2) is 4.48. The SMILES string of the molecule is O=C(NCC1CC1)c1ccc(F)c([N+](=O)[O-])c1. The average Bonchev–Trinajstić information content (AvgIpc) is 3.10. The fourth-order valence-corrected chi connectivity index (χ4v) is 1.45. The van der Waals surface area contributed by atoms with Gasteiger partial charge in [0.15, 0.2) is 0 Å². The van der Waals surface area contributed by atoms with Crippen LogP contribution in [0.5, 0.6) is 0 Å². The molecule has 1 amide bonds. The number of nitro groups is 1. The lowest BCUT2D eigenvalue weighted by Gasteiger charge is -2.04. The Morgan fingerprint density at radius 1 is 1.53 bits per heavy atom. The fourth-order valence-electron chi connectivity index (χ4n) is 1.45. The lowest BCUT2D eigenvalue weighted by atomic mass is 10.2. The van der Waals surface area contributed by atoms with Crippen LogP contribution in [0.4, 0.5) is 10.1 Å². The molecule has 6 heteroatoms. The van der Waals surface area contributed by atoms with Crippen molar-refractivity contribution in [3.63, 3.8) is 0 Å². The highest BCUT2D eigenvalue weighted by Gasteiger charge is 2.23. The van der Waals surface area contributed by atoms with Crippen LogP contribution in [0.2, 0.25) is 0 Å². The Labute approximate surface area is 96.8 Å². The van der Waals surface area contributed by atoms with E-state index in [1.165, 1.54) is 6.07 Å². The zero-order valence-electron chi connectivity index (χ0n) is 8.98. The van der Waals surface area contributed by atoms with Crippen molar-refractivity contribution in [2.75, 3.05) is 6.54 Å². The molecule has 0 aliphatic heterocycles. The molecule has 0 aromatic heterocycles. The van der Waals surface area contributed by atoms with Gasteiger partial charge < -0.3 is 5.32 Å². The number of carbonyl (C=O) groups is 1. The van der Waals surface area contributed by atoms with Gasteiger partial charge in [-0.25, -0.2) is 0 Å². The van der Waals surface area contributed by atoms with Gasteiger partial charge in [0.1, 0.15) is 0 Å². The normalized spacial score (nSPS) is 14.4. The molecule has 1 aromatic rings. The third-order valence-corrected chi connectivity index (χ3v) is 2.65. The number of rotatable bonds is 4. The van der Waals surface area contributed by atoms with Crippen LogP contribution in [0.3, 0.4) is 0 Å². The zero-order valence-corrected chi connectivity index (χ0v) is 8.98. The first-order valence-corrected chi connectivity index (χ1v) is 5.30. The highest BCUT2D eigenvalue weighted by molar-refractivity contribution is 5.94. The standard InChI is InChI=1S/C11H11FN2O3/c12-9-4-3-8(5-10(9)14(16)17)11(15)13-6-7-1-2-7/h3-5,7H,1-2,6H2,(H,13,15). The number of carbonyl (C=O) groups excluding carboxylic acids is 1. The Kier molecular flexibility index (Phi) is 3.03. The zero-order chi connectivity index (χ0) is 12.4. The Morgan fingerprint density at radius 3 is 2.82 bits per heavy atom. The lowest BCUT2D eigenvalue weighted by molar-refractivity contribution is -0.387. The van der Waals surface area contributed by atoms with Crippen molar-refractivity contribution in [2.24, 2.45) is 5.92 Å². The van der Waals surface area contributed by atoms with E-state index in [1.54, 1.807) is 0 Å². The van der Waals surface area contributed by atoms with Gasteiger partial charge in [0.05, 0.1) is 4.92 Å². The molecular formula is C11H11FN2O3. The van der Waals surface area contributed by atoms with E-state index in [0.717, 1.165) is 25.0 Å². The van der Waals surface area contributed by atoms with Gasteiger partial charge in [0.25, 0.3) is 5.91 Å². The molecule has 0 bridgehead atoms. The molecule has 2 rings (SSSR count). The van der Waals surface area contributed by atoms with Gasteiger partial charge in [-0.2, -0.15) is 4.39 Å². The van der Waals surface area contributed by atoms with Gasteiger partial charge in [0.2, 0.25) is 5.82 Å². The van der Waals surface area contributed by atoms with E-state index in [0.29, 0.717) is 12.5 Å². The number of nitro benzene ring substituents is 1. The van der Waals surface area contributed by atoms with Crippen LogP contribution in [0.15, 0.2) is 18.2 Å². The molecule has 17 heavy (non-hydrogen) atoms. The molecule has 1 aliphatic rings. The van der Waals surface area contributed by atoms with Crippen molar-refractivity contribution in [3.8, 4) is 0 Å². The maximum absolute atomic E-state index is 13.0. The molecule has 0 radical (unpaired) electrons. The Hall–Kier alpha value is -1.98. The Morgan fingerprint density at radius 2 is 2.24 bits per heavy atom. The third-order valence-electron chi connectivity index (χ3n) is 2.65. The molecule has 0 spiro atoms. The molecule has 5 nitrogen and oxygen atoms in total. The number of hydrogen-bond donors (Lipinski definition) is 1. The molecule has 1 N–H and O–H groups in total. The summed E-state index contributed by atoms with van der Waals surface area (Å²) in [5, 5.41) is 13.2. The minimum Gasteiger partial charge on any atom is -0.352 e. The molecule has 1 saturated carbocycles. The highest BCUT2D eigenvalue weighted by Crippen LogP contribution is 2.27. The summed E-state index contributed by atoms with van der Waals surface area (Å²) in [5.41, 5.74) is -0.567. The van der Waals surface area contributed by atoms with E-state index in [1.807, 2.05) is 0 Å². The van der Waals surface area contributed by atoms with Crippen molar-refractivity contribution in [1.82, 2.24) is 5.32 Å². The molecular weight excluding hydrogens is 227 g/mol. The summed E-state index contributed by atoms with van der Waals surface area (Å²) >= 11 is 0. The smallest absolute Gasteiger partial charge is 0.305 e. The van der Waals surface area contributed by atoms with Crippen LogP contribution < -0.4 is 5.32 Å². The summed E-state index contributed by atoms with van der Waals surface area (Å²) in [6.07, 6.45) is 2.20. The van der Waals surface area contributed by atoms with Gasteiger partial charge >= 0.3 is 5.69 Å². The summed E-state index contributed by atoms with van der Waals surface area (Å²) in [5.74, 6) is -0.817. The van der Waals surface area contributed by atoms with Gasteiger partial charge in [-0.3, -0.25) is 14.9 Å². The van der Waals surface area contributed by atoms with Gasteiger partial charge in [-0.15, -0.1) is 0 Å². The summed E-state index contributed by atoms with van der Waals surface area (Å²) < 4.78 is 13.0. The number of nitrogens with zero attached hydrogens (tertiary/aromatic N) is 1. The number of benzene rings is 1. The maximum atomic E-state index is 13.0. The first-order chi connectivity index (χ1) is 8.08. The average molecular weight is 238 g/mol. The molecule has 0 heterocycles. The molecule has 90 valence electrons. The Bertz CT molecular complexity index is 472. The molecule has 1 aromatic carbocycles. The summed E-state index contributed by atoms with van der Waals surface area (Å²) in [6.45, 7) is 0.573. The van der Waals surface area contributed by atoms with Crippen molar-refractivity contribution in [3.05, 3.63) is 39.7 Å². The van der Waals surface area contributed by atoms with Crippen molar-refractivity contribution < 1.29 is 14.1 Å². The second-order valence-electron chi connectivity index (χ2n) is 4.08. The molecule has 0 atom stereocenters. The minimum absolute atomic E-state index is 0.110. The molecule has 1 fully saturated rings. The van der Waals surface area contributed by atoms with Crippen LogP contribution >= 0.6 is 0 Å². The van der Waals surface area contributed by atoms with Crippen LogP contribution in [-0.2, 0) is 0 Å². The first-order valence-electron chi connectivity index (χ1n) is 5.30. The predicted molar refractivity (Wildman–Crippen MR) is 58.1 cm³/mol. The van der Waals surface area contributed by atoms with Crippen LogP contribution in [0, 0.1) is 21.8 Å². The van der Waals surface area contributed by atoms with Crippen LogP contribution in [0.1, 0.15) is 23.2 Å². The van der Waals surface area contributed by atoms with E-state index < -0.39 is 22.3 Å². The minimum atomic E-state index is -0.936. The summed E-state index contributed by atoms with van der Waals surface area (Å²) in [4.78, 5) is 21.3. The lowest BCUT2D eigenvalue weighted by Crippen LogP contribution is -2.25. The van der Waals surface area contributed by atoms with E-state index in [2.05, 4.69) is 5.32 Å². The largest absolute Gasteiger partial charge is 0.352 e. The molecule has 1 aliphatic carbocycles. The molecule has 0 unspecified atom stereocenters. The van der Waals surface area contributed by atoms with Crippen molar-refractivity contribution in [2.45, 2.75) is 12.8 Å². The summed E-state index contributed by atoms with van der Waals surface area (Å²) in [6, 6.07) is 3.13. The van der Waals surface area contributed by atoms with E-state index in [9.17, 15) is 19.3 Å². The van der Waals surface area contributed by atoms with Gasteiger partial charge in [-0.1, -0.05) is 0 Å². The molecule has 0 saturated heterocycles. The van der Waals surface area contributed by atoms with Crippen molar-refractivity contribution in [1.29, 1.82) is 0 Å². The number of halogens is 1. The first kappa shape index (κ1) is 11.5. The van der Waals surface area contributed by atoms with Gasteiger partial charge in [0, 0.05) is 18.2 Å². The topological polar surface area (TPSA) is 72.2 Å². The second-order valence-corrected chi connectivity index (χ2v) is 4.08. The van der Waals surface area contributed by atoms with E-state index >= 15 is 0 Å². The number of amides is 1. The number of nitrogens with one attached hydrogen (secondary N) is 1. The highest BCUT2D eigenvalue weighted by atomic mass is 19.1. The predicted octanol–water partition coefficient (Wildman–Crippen LogP) is 1.87. The van der Waals surface area contributed by atoms with Crippen LogP contribution in [-0.4, -0.2) is 17.4 Å². The van der Waals surface area contributed by atoms with E-state index in [4.69, 9.17) is 0 Å². The third kappa shape index (κ3) is 2.77.